The number of hydrogen-bond donors (Lipinski definition) is 1. The van der Waals surface area contributed by atoms with Gasteiger partial charge in [0.25, 0.3) is 10.0 Å². The summed E-state index contributed by atoms with van der Waals surface area (Å²) in [6.07, 6.45) is 0. The van der Waals surface area contributed by atoms with E-state index in [1.165, 1.54) is 0 Å². The summed E-state index contributed by atoms with van der Waals surface area (Å²) < 4.78 is 46.3. The van der Waals surface area contributed by atoms with Crippen molar-refractivity contribution >= 4 is 67.2 Å². The van der Waals surface area contributed by atoms with Crippen molar-refractivity contribution in [1.29, 1.82) is 0 Å². The lowest BCUT2D eigenvalue weighted by Gasteiger charge is -2.23. The molecule has 6 nitrogen and oxygen atoms in total. The van der Waals surface area contributed by atoms with E-state index >= 15 is 0 Å². The molecular formula is C20H18Cl3FN4O2S2. The van der Waals surface area contributed by atoms with Gasteiger partial charge >= 0.3 is 0 Å². The Morgan fingerprint density at radius 1 is 1.22 bits per heavy atom. The Kier molecular flexibility index (Phi) is 6.09. The number of hydrogen-bond acceptors (Lipinski definition) is 6. The van der Waals surface area contributed by atoms with Crippen molar-refractivity contribution < 1.29 is 12.8 Å². The molecule has 12 heteroatoms. The molecule has 3 aromatic rings. The highest BCUT2D eigenvalue weighted by atomic mass is 35.5. The molecule has 32 heavy (non-hydrogen) atoms. The first-order chi connectivity index (χ1) is 14.9. The van der Waals surface area contributed by atoms with E-state index in [4.69, 9.17) is 34.8 Å². The lowest BCUT2D eigenvalue weighted by atomic mass is 9.87. The van der Waals surface area contributed by atoms with Crippen LogP contribution in [-0.4, -0.2) is 24.3 Å². The minimum absolute atomic E-state index is 0.0496. The number of nitrogens with one attached hydrogen (secondary N) is 1. The summed E-state index contributed by atoms with van der Waals surface area (Å²) in [5.74, 6) is -0.497. The van der Waals surface area contributed by atoms with Gasteiger partial charge in [-0.25, -0.2) is 17.8 Å². The third-order valence-corrected chi connectivity index (χ3v) is 8.54. The van der Waals surface area contributed by atoms with Crippen LogP contribution in [-0.2, 0) is 22.0 Å². The van der Waals surface area contributed by atoms with E-state index < -0.39 is 20.7 Å². The second-order valence-electron chi connectivity index (χ2n) is 8.12. The standard InChI is InChI=1S/C20H18Cl3FN4O2S2/c1-10-25-19(31-26-10)27-32(29,30)16-7-13(22)11(6-14(16)24)8-28-9-20(2,3)17-15(28)5-4-12(21)18(17)23/h4-7H,8-9H2,1-3H3,(H,25,26,27). The third-order valence-electron chi connectivity index (χ3n) is 5.18. The Hall–Kier alpha value is -1.65. The maximum absolute atomic E-state index is 14.9. The van der Waals surface area contributed by atoms with Crippen LogP contribution in [0.25, 0.3) is 0 Å². The Morgan fingerprint density at radius 3 is 2.59 bits per heavy atom. The largest absolute Gasteiger partial charge is 0.366 e. The quantitative estimate of drug-likeness (QED) is 0.431. The second-order valence-corrected chi connectivity index (χ2v) is 11.7. The summed E-state index contributed by atoms with van der Waals surface area (Å²) in [7, 11) is -4.22. The summed E-state index contributed by atoms with van der Waals surface area (Å²) in [5, 5.41) is 1.14. The Bertz CT molecular complexity index is 1330. The predicted octanol–water partition coefficient (Wildman–Crippen LogP) is 6.04. The Labute approximate surface area is 204 Å². The molecule has 0 saturated carbocycles. The van der Waals surface area contributed by atoms with Crippen molar-refractivity contribution in [3.63, 3.8) is 0 Å². The normalized spacial score (nSPS) is 15.2. The van der Waals surface area contributed by atoms with Crippen molar-refractivity contribution in [2.24, 2.45) is 0 Å². The molecule has 1 aromatic heterocycles. The van der Waals surface area contributed by atoms with Crippen LogP contribution in [0, 0.1) is 12.7 Å². The fourth-order valence-corrected chi connectivity index (χ4v) is 6.59. The molecule has 4 rings (SSSR count). The summed E-state index contributed by atoms with van der Waals surface area (Å²) in [5.41, 5.74) is 1.96. The highest BCUT2D eigenvalue weighted by Gasteiger charge is 2.38. The number of sulfonamides is 1. The molecule has 0 unspecified atom stereocenters. The fourth-order valence-electron chi connectivity index (χ4n) is 3.84. The Morgan fingerprint density at radius 2 is 1.94 bits per heavy atom. The van der Waals surface area contributed by atoms with Crippen LogP contribution >= 0.6 is 46.3 Å². The number of fused-ring (bicyclic) bond motifs is 1. The summed E-state index contributed by atoms with van der Waals surface area (Å²) in [4.78, 5) is 5.41. The highest BCUT2D eigenvalue weighted by molar-refractivity contribution is 7.93. The topological polar surface area (TPSA) is 75.2 Å². The second kappa shape index (κ2) is 8.29. The SMILES string of the molecule is Cc1nsc(NS(=O)(=O)c2cc(Cl)c(CN3CC(C)(C)c4c3ccc(Cl)c4Cl)cc2F)n1. The third kappa shape index (κ3) is 4.28. The van der Waals surface area contributed by atoms with E-state index in [1.54, 1.807) is 13.0 Å². The highest BCUT2D eigenvalue weighted by Crippen LogP contribution is 2.47. The molecule has 0 atom stereocenters. The van der Waals surface area contributed by atoms with Crippen LogP contribution in [0.1, 0.15) is 30.8 Å². The molecule has 0 spiro atoms. The van der Waals surface area contributed by atoms with Gasteiger partial charge in [-0.05, 0) is 36.8 Å². The smallest absolute Gasteiger partial charge is 0.266 e. The molecule has 170 valence electrons. The maximum Gasteiger partial charge on any atom is 0.266 e. The summed E-state index contributed by atoms with van der Waals surface area (Å²) in [6, 6.07) is 5.84. The van der Waals surface area contributed by atoms with Gasteiger partial charge in [0.1, 0.15) is 16.5 Å². The van der Waals surface area contributed by atoms with Gasteiger partial charge in [-0.3, -0.25) is 4.72 Å². The van der Waals surface area contributed by atoms with Gasteiger partial charge in [0, 0.05) is 46.3 Å². The van der Waals surface area contributed by atoms with Crippen LogP contribution in [0.2, 0.25) is 15.1 Å². The average Bonchev–Trinajstić information content (AvgIpc) is 3.20. The van der Waals surface area contributed by atoms with E-state index in [1.807, 2.05) is 24.8 Å². The van der Waals surface area contributed by atoms with E-state index in [-0.39, 0.29) is 22.1 Å². The van der Waals surface area contributed by atoms with E-state index in [2.05, 4.69) is 14.1 Å². The zero-order chi connectivity index (χ0) is 23.4. The van der Waals surface area contributed by atoms with Crippen molar-refractivity contribution in [2.75, 3.05) is 16.2 Å². The first-order valence-corrected chi connectivity index (χ1v) is 12.8. The number of benzene rings is 2. The van der Waals surface area contributed by atoms with Gasteiger partial charge in [0.05, 0.1) is 10.0 Å². The molecule has 0 amide bonds. The minimum atomic E-state index is -4.22. The summed E-state index contributed by atoms with van der Waals surface area (Å²) in [6.45, 7) is 6.60. The van der Waals surface area contributed by atoms with Crippen LogP contribution in [0.3, 0.4) is 0 Å². The molecular weight excluding hydrogens is 518 g/mol. The van der Waals surface area contributed by atoms with E-state index in [0.717, 1.165) is 34.9 Å². The molecule has 1 N–H and O–H groups in total. The molecule has 2 aromatic carbocycles. The maximum atomic E-state index is 14.9. The number of anilines is 2. The van der Waals surface area contributed by atoms with Crippen molar-refractivity contribution in [3.8, 4) is 0 Å². The number of nitrogens with zero attached hydrogens (tertiary/aromatic N) is 3. The van der Waals surface area contributed by atoms with E-state index in [9.17, 15) is 12.8 Å². The predicted molar refractivity (Wildman–Crippen MR) is 127 cm³/mol. The minimum Gasteiger partial charge on any atom is -0.366 e. The number of halogens is 4. The van der Waals surface area contributed by atoms with Gasteiger partial charge < -0.3 is 4.90 Å². The van der Waals surface area contributed by atoms with Crippen molar-refractivity contribution in [1.82, 2.24) is 9.36 Å². The number of rotatable bonds is 5. The monoisotopic (exact) mass is 534 g/mol. The van der Waals surface area contributed by atoms with Gasteiger partial charge in [-0.1, -0.05) is 48.7 Å². The van der Waals surface area contributed by atoms with Gasteiger partial charge in [-0.15, -0.1) is 0 Å². The van der Waals surface area contributed by atoms with Crippen molar-refractivity contribution in [3.05, 3.63) is 62.1 Å². The van der Waals surface area contributed by atoms with Crippen LogP contribution in [0.4, 0.5) is 15.2 Å². The van der Waals surface area contributed by atoms with E-state index in [0.29, 0.717) is 28.0 Å². The molecule has 0 saturated heterocycles. The number of aryl methyl sites for hydroxylation is 1. The first-order valence-electron chi connectivity index (χ1n) is 9.43. The van der Waals surface area contributed by atoms with Gasteiger partial charge in [0.15, 0.2) is 0 Å². The molecule has 1 aliphatic heterocycles. The number of aromatic nitrogens is 2. The molecule has 2 heterocycles. The zero-order valence-corrected chi connectivity index (χ0v) is 21.1. The van der Waals surface area contributed by atoms with Crippen LogP contribution in [0.15, 0.2) is 29.2 Å². The lowest BCUT2D eigenvalue weighted by molar-refractivity contribution is 0.548. The first kappa shape index (κ1) is 23.5. The average molecular weight is 536 g/mol. The Balaban J connectivity index is 1.65. The summed E-state index contributed by atoms with van der Waals surface area (Å²) >= 11 is 19.9. The molecule has 1 aliphatic rings. The molecule has 0 bridgehead atoms. The zero-order valence-electron chi connectivity index (χ0n) is 17.2. The fraction of sp³-hybridized carbons (Fsp3) is 0.300. The molecule has 0 fully saturated rings. The molecule has 0 aliphatic carbocycles. The lowest BCUT2D eigenvalue weighted by Crippen LogP contribution is -2.28. The van der Waals surface area contributed by atoms with Gasteiger partial charge in [0.2, 0.25) is 5.13 Å². The van der Waals surface area contributed by atoms with Crippen LogP contribution in [0.5, 0.6) is 0 Å². The molecule has 0 radical (unpaired) electrons. The van der Waals surface area contributed by atoms with Crippen LogP contribution < -0.4 is 9.62 Å². The van der Waals surface area contributed by atoms with Crippen molar-refractivity contribution in [2.45, 2.75) is 37.6 Å². The van der Waals surface area contributed by atoms with Gasteiger partial charge in [-0.2, -0.15) is 4.37 Å².